The fourth-order valence-electron chi connectivity index (χ4n) is 5.59. The lowest BCUT2D eigenvalue weighted by Crippen LogP contribution is -2.52. The summed E-state index contributed by atoms with van der Waals surface area (Å²) in [6.45, 7) is 9.33. The lowest BCUT2D eigenvalue weighted by Gasteiger charge is -2.37. The molecule has 1 aromatic rings. The number of para-hydroxylation sites is 1. The van der Waals surface area contributed by atoms with Gasteiger partial charge in [-0.25, -0.2) is 18.2 Å². The Kier molecular flexibility index (Phi) is 4.98. The highest BCUT2D eigenvalue weighted by molar-refractivity contribution is 7.88. The van der Waals surface area contributed by atoms with Gasteiger partial charge in [0.2, 0.25) is 10.0 Å². The van der Waals surface area contributed by atoms with E-state index in [1.807, 2.05) is 13.8 Å². The van der Waals surface area contributed by atoms with Gasteiger partial charge in [-0.1, -0.05) is 32.0 Å². The lowest BCUT2D eigenvalue weighted by molar-refractivity contribution is -0.146. The van der Waals surface area contributed by atoms with Gasteiger partial charge < -0.3 is 4.74 Å². The highest BCUT2D eigenvalue weighted by atomic mass is 32.2. The standard InChI is InChI=1S/C23H30N2O5S/c1-22(2,3)30-21(27)17-18(13-9-7-8-10-16(13)24-17)25(31(6,28)29)19-14-11-12-15(20(19)26)23(14,4)5/h7-10,14-15,18-19H,11-12H2,1-6H3. The lowest BCUT2D eigenvalue weighted by atomic mass is 9.81. The summed E-state index contributed by atoms with van der Waals surface area (Å²) in [6, 6.07) is 5.28. The van der Waals surface area contributed by atoms with E-state index in [4.69, 9.17) is 4.74 Å². The molecule has 0 radical (unpaired) electrons. The third-order valence-corrected chi connectivity index (χ3v) is 8.09. The number of sulfonamides is 1. The summed E-state index contributed by atoms with van der Waals surface area (Å²) in [6.07, 6.45) is 2.67. The first-order valence-corrected chi connectivity index (χ1v) is 12.5. The van der Waals surface area contributed by atoms with Crippen molar-refractivity contribution in [3.8, 4) is 0 Å². The van der Waals surface area contributed by atoms with Crippen LogP contribution in [0.1, 0.15) is 59.1 Å². The Morgan fingerprint density at radius 2 is 1.84 bits per heavy atom. The van der Waals surface area contributed by atoms with Gasteiger partial charge in [0, 0.05) is 11.5 Å². The van der Waals surface area contributed by atoms with Gasteiger partial charge in [-0.2, -0.15) is 4.31 Å². The minimum absolute atomic E-state index is 0.00919. The number of Topliss-reactive ketones (excluding diaryl/α,β-unsaturated/α-hetero) is 1. The third-order valence-electron chi connectivity index (χ3n) is 6.89. The number of carbonyl (C=O) groups is 2. The van der Waals surface area contributed by atoms with E-state index in [9.17, 15) is 18.0 Å². The average Bonchev–Trinajstić information content (AvgIpc) is 3.19. The molecule has 31 heavy (non-hydrogen) atoms. The zero-order valence-corrected chi connectivity index (χ0v) is 19.7. The van der Waals surface area contributed by atoms with Crippen molar-refractivity contribution >= 4 is 33.2 Å². The maximum atomic E-state index is 13.4. The number of aliphatic imine (C=N–C) groups is 1. The van der Waals surface area contributed by atoms with Gasteiger partial charge in [-0.15, -0.1) is 0 Å². The predicted octanol–water partition coefficient (Wildman–Crippen LogP) is 3.42. The van der Waals surface area contributed by atoms with Crippen molar-refractivity contribution in [1.29, 1.82) is 0 Å². The molecule has 0 aromatic heterocycles. The zero-order valence-electron chi connectivity index (χ0n) is 18.9. The van der Waals surface area contributed by atoms with Gasteiger partial charge in [-0.3, -0.25) is 4.79 Å². The Morgan fingerprint density at radius 1 is 1.19 bits per heavy atom. The summed E-state index contributed by atoms with van der Waals surface area (Å²) < 4.78 is 33.1. The summed E-state index contributed by atoms with van der Waals surface area (Å²) in [4.78, 5) is 30.9. The van der Waals surface area contributed by atoms with Crippen LogP contribution < -0.4 is 0 Å². The van der Waals surface area contributed by atoms with Crippen LogP contribution in [-0.4, -0.2) is 48.1 Å². The van der Waals surface area contributed by atoms with Crippen LogP contribution in [0.15, 0.2) is 29.3 Å². The molecule has 1 heterocycles. The van der Waals surface area contributed by atoms with E-state index < -0.39 is 33.7 Å². The maximum Gasteiger partial charge on any atom is 0.355 e. The molecular weight excluding hydrogens is 416 g/mol. The second-order valence-electron chi connectivity index (χ2n) is 10.5. The van der Waals surface area contributed by atoms with Crippen molar-refractivity contribution in [1.82, 2.24) is 4.31 Å². The molecule has 1 aliphatic heterocycles. The second-order valence-corrected chi connectivity index (χ2v) is 12.3. The molecule has 2 bridgehead atoms. The number of hydrogen-bond acceptors (Lipinski definition) is 6. The molecule has 2 saturated carbocycles. The number of ketones is 1. The first-order chi connectivity index (χ1) is 14.2. The number of hydrogen-bond donors (Lipinski definition) is 0. The Labute approximate surface area is 183 Å². The molecule has 0 saturated heterocycles. The largest absolute Gasteiger partial charge is 0.455 e. The van der Waals surface area contributed by atoms with Gasteiger partial charge >= 0.3 is 5.97 Å². The molecule has 4 atom stereocenters. The first kappa shape index (κ1) is 22.1. The van der Waals surface area contributed by atoms with Crippen molar-refractivity contribution in [3.63, 3.8) is 0 Å². The fourth-order valence-corrected chi connectivity index (χ4v) is 6.85. The highest BCUT2D eigenvalue weighted by Crippen LogP contribution is 2.58. The molecule has 1 aromatic carbocycles. The first-order valence-electron chi connectivity index (χ1n) is 10.7. The van der Waals surface area contributed by atoms with Crippen molar-refractivity contribution in [2.75, 3.05) is 6.26 Å². The van der Waals surface area contributed by atoms with Gasteiger partial charge in [0.25, 0.3) is 0 Å². The Hall–Kier alpha value is -2.06. The van der Waals surface area contributed by atoms with E-state index in [1.165, 1.54) is 4.31 Å². The molecule has 168 valence electrons. The number of fused-ring (bicyclic) bond motifs is 3. The number of rotatable bonds is 4. The molecule has 2 aliphatic carbocycles. The van der Waals surface area contributed by atoms with Crippen molar-refractivity contribution in [2.45, 2.75) is 65.1 Å². The molecule has 2 fully saturated rings. The minimum Gasteiger partial charge on any atom is -0.455 e. The van der Waals surface area contributed by atoms with Crippen LogP contribution in [0.3, 0.4) is 0 Å². The topological polar surface area (TPSA) is 93.1 Å². The smallest absolute Gasteiger partial charge is 0.355 e. The van der Waals surface area contributed by atoms with Crippen LogP contribution in [0.4, 0.5) is 5.69 Å². The Bertz CT molecular complexity index is 1080. The van der Waals surface area contributed by atoms with E-state index in [-0.39, 0.29) is 28.7 Å². The van der Waals surface area contributed by atoms with Crippen LogP contribution in [0.25, 0.3) is 0 Å². The van der Waals surface area contributed by atoms with Crippen LogP contribution >= 0.6 is 0 Å². The van der Waals surface area contributed by atoms with E-state index in [0.717, 1.165) is 19.1 Å². The molecule has 3 aliphatic rings. The number of benzene rings is 1. The molecule has 4 rings (SSSR count). The van der Waals surface area contributed by atoms with E-state index in [2.05, 4.69) is 4.99 Å². The van der Waals surface area contributed by atoms with Gasteiger partial charge in [-0.05, 0) is 51.0 Å². The second kappa shape index (κ2) is 6.97. The number of esters is 1. The summed E-state index contributed by atoms with van der Waals surface area (Å²) >= 11 is 0. The fraction of sp³-hybridized carbons (Fsp3) is 0.609. The summed E-state index contributed by atoms with van der Waals surface area (Å²) in [5.41, 5.74) is 0.0828. The Balaban J connectivity index is 1.85. The van der Waals surface area contributed by atoms with Crippen molar-refractivity contribution in [2.24, 2.45) is 22.2 Å². The highest BCUT2D eigenvalue weighted by Gasteiger charge is 2.63. The molecule has 7 nitrogen and oxygen atoms in total. The Morgan fingerprint density at radius 3 is 2.39 bits per heavy atom. The van der Waals surface area contributed by atoms with E-state index >= 15 is 0 Å². The van der Waals surface area contributed by atoms with E-state index in [0.29, 0.717) is 11.3 Å². The van der Waals surface area contributed by atoms with Crippen molar-refractivity contribution in [3.05, 3.63) is 29.8 Å². The normalized spacial score (nSPS) is 29.3. The maximum absolute atomic E-state index is 13.4. The summed E-state index contributed by atoms with van der Waals surface area (Å²) in [7, 11) is -3.87. The van der Waals surface area contributed by atoms with Crippen LogP contribution in [0, 0.1) is 17.3 Å². The van der Waals surface area contributed by atoms with Crippen LogP contribution in [0.2, 0.25) is 0 Å². The number of nitrogens with zero attached hydrogens (tertiary/aromatic N) is 2. The molecular formula is C23H30N2O5S. The van der Waals surface area contributed by atoms with Crippen LogP contribution in [-0.2, 0) is 24.3 Å². The van der Waals surface area contributed by atoms with Crippen molar-refractivity contribution < 1.29 is 22.7 Å². The number of carbonyl (C=O) groups excluding carboxylic acids is 2. The number of ether oxygens (including phenoxy) is 1. The van der Waals surface area contributed by atoms with Gasteiger partial charge in [0.15, 0.2) is 5.78 Å². The molecule has 0 spiro atoms. The zero-order chi connectivity index (χ0) is 22.9. The SMILES string of the molecule is CC(C)(C)OC(=O)C1=Nc2ccccc2C1N(C1C(=O)C2CCC1C2(C)C)S(C)(=O)=O. The third kappa shape index (κ3) is 3.53. The van der Waals surface area contributed by atoms with E-state index in [1.54, 1.807) is 45.0 Å². The molecule has 8 heteroatoms. The van der Waals surface area contributed by atoms with Gasteiger partial charge in [0.05, 0.1) is 18.0 Å². The average molecular weight is 447 g/mol. The molecule has 0 N–H and O–H groups in total. The molecule has 0 amide bonds. The van der Waals surface area contributed by atoms with Crippen LogP contribution in [0.5, 0.6) is 0 Å². The monoisotopic (exact) mass is 446 g/mol. The quantitative estimate of drug-likeness (QED) is 0.661. The minimum atomic E-state index is -3.87. The summed E-state index contributed by atoms with van der Waals surface area (Å²) in [5, 5.41) is 0. The molecule has 4 unspecified atom stereocenters. The van der Waals surface area contributed by atoms with Gasteiger partial charge in [0.1, 0.15) is 17.4 Å². The predicted molar refractivity (Wildman–Crippen MR) is 118 cm³/mol. The summed E-state index contributed by atoms with van der Waals surface area (Å²) in [5.74, 6) is -1.01.